The van der Waals surface area contributed by atoms with Crippen LogP contribution in [-0.4, -0.2) is 26.6 Å². The van der Waals surface area contributed by atoms with Crippen molar-refractivity contribution in [3.63, 3.8) is 0 Å². The molecule has 2 aromatic rings. The van der Waals surface area contributed by atoms with E-state index in [4.69, 9.17) is 15.6 Å². The molecule has 0 unspecified atom stereocenters. The van der Waals surface area contributed by atoms with Gasteiger partial charge < -0.3 is 14.2 Å². The summed E-state index contributed by atoms with van der Waals surface area (Å²) >= 11 is 0. The molecule has 0 saturated heterocycles. The molecule has 4 heteroatoms. The SMILES string of the molecule is [2H]c1c2c(cc3cc(OC)c(OC)cc13)OCC2=O. The highest BCUT2D eigenvalue weighted by molar-refractivity contribution is 6.06. The van der Waals surface area contributed by atoms with Crippen LogP contribution in [0.2, 0.25) is 0 Å². The predicted octanol–water partition coefficient (Wildman–Crippen LogP) is 2.43. The van der Waals surface area contributed by atoms with Crippen molar-refractivity contribution in [2.75, 3.05) is 20.8 Å². The molecule has 1 heterocycles. The van der Waals surface area contributed by atoms with E-state index in [1.54, 1.807) is 25.3 Å². The number of ketones is 1. The minimum atomic E-state index is -0.156. The minimum absolute atomic E-state index is 0.00576. The fourth-order valence-corrected chi connectivity index (χ4v) is 2.07. The second kappa shape index (κ2) is 3.91. The molecule has 18 heavy (non-hydrogen) atoms. The highest BCUT2D eigenvalue weighted by atomic mass is 16.5. The Labute approximate surface area is 105 Å². The van der Waals surface area contributed by atoms with Gasteiger partial charge in [0.1, 0.15) is 5.75 Å². The van der Waals surface area contributed by atoms with Crippen LogP contribution in [0.5, 0.6) is 17.2 Å². The smallest absolute Gasteiger partial charge is 0.203 e. The number of hydrogen-bond acceptors (Lipinski definition) is 4. The maximum atomic E-state index is 11.7. The van der Waals surface area contributed by atoms with Gasteiger partial charge in [-0.2, -0.15) is 0 Å². The van der Waals surface area contributed by atoms with E-state index in [2.05, 4.69) is 0 Å². The second-order valence-electron chi connectivity index (χ2n) is 4.01. The summed E-state index contributed by atoms with van der Waals surface area (Å²) in [6.07, 6.45) is 0. The molecule has 0 spiro atoms. The summed E-state index contributed by atoms with van der Waals surface area (Å²) in [4.78, 5) is 11.7. The number of hydrogen-bond donors (Lipinski definition) is 0. The topological polar surface area (TPSA) is 44.8 Å². The Kier molecular flexibility index (Phi) is 2.12. The molecule has 1 aliphatic rings. The summed E-state index contributed by atoms with van der Waals surface area (Å²) in [5.41, 5.74) is 0.347. The average Bonchev–Trinajstić information content (AvgIpc) is 2.79. The Morgan fingerprint density at radius 2 is 1.83 bits per heavy atom. The Balaban J connectivity index is 2.36. The van der Waals surface area contributed by atoms with Crippen LogP contribution in [0.15, 0.2) is 24.2 Å². The first-order valence-corrected chi connectivity index (χ1v) is 5.51. The third kappa shape index (κ3) is 1.49. The average molecular weight is 245 g/mol. The maximum absolute atomic E-state index is 11.7. The van der Waals surface area contributed by atoms with Gasteiger partial charge in [-0.3, -0.25) is 4.79 Å². The van der Waals surface area contributed by atoms with E-state index in [0.717, 1.165) is 5.39 Å². The van der Waals surface area contributed by atoms with Gasteiger partial charge in [-0.1, -0.05) is 0 Å². The lowest BCUT2D eigenvalue weighted by Crippen LogP contribution is -1.98. The molecule has 0 saturated carbocycles. The normalized spacial score (nSPS) is 14.1. The minimum Gasteiger partial charge on any atom is -0.493 e. The Hall–Kier alpha value is -2.23. The van der Waals surface area contributed by atoms with Crippen molar-refractivity contribution < 1.29 is 20.4 Å². The third-order valence-corrected chi connectivity index (χ3v) is 2.99. The summed E-state index contributed by atoms with van der Waals surface area (Å²) in [6, 6.07) is 5.42. The third-order valence-electron chi connectivity index (χ3n) is 2.99. The lowest BCUT2D eigenvalue weighted by atomic mass is 10.0. The predicted molar refractivity (Wildman–Crippen MR) is 66.9 cm³/mol. The Morgan fingerprint density at radius 1 is 1.17 bits per heavy atom. The van der Waals surface area contributed by atoms with Gasteiger partial charge in [-0.25, -0.2) is 0 Å². The van der Waals surface area contributed by atoms with Crippen LogP contribution in [0.1, 0.15) is 11.7 Å². The molecule has 0 N–H and O–H groups in total. The number of rotatable bonds is 2. The summed E-state index contributed by atoms with van der Waals surface area (Å²) < 4.78 is 23.9. The monoisotopic (exact) mass is 245 g/mol. The molecule has 0 aliphatic carbocycles. The van der Waals surface area contributed by atoms with Gasteiger partial charge in [0.05, 0.1) is 21.2 Å². The van der Waals surface area contributed by atoms with E-state index in [-0.39, 0.29) is 18.4 Å². The zero-order valence-corrected chi connectivity index (χ0v) is 10.1. The number of fused-ring (bicyclic) bond motifs is 2. The van der Waals surface area contributed by atoms with Crippen molar-refractivity contribution in [2.24, 2.45) is 0 Å². The lowest BCUT2D eigenvalue weighted by Gasteiger charge is -2.09. The van der Waals surface area contributed by atoms with Gasteiger partial charge in [-0.05, 0) is 35.0 Å². The van der Waals surface area contributed by atoms with E-state index in [1.165, 1.54) is 7.11 Å². The highest BCUT2D eigenvalue weighted by Gasteiger charge is 2.22. The largest absolute Gasteiger partial charge is 0.493 e. The second-order valence-corrected chi connectivity index (χ2v) is 4.01. The van der Waals surface area contributed by atoms with E-state index in [9.17, 15) is 4.79 Å². The van der Waals surface area contributed by atoms with Crippen molar-refractivity contribution >= 4 is 16.6 Å². The Morgan fingerprint density at radius 3 is 2.50 bits per heavy atom. The molecule has 0 bridgehead atoms. The van der Waals surface area contributed by atoms with Gasteiger partial charge in [0.25, 0.3) is 0 Å². The van der Waals surface area contributed by atoms with Crippen LogP contribution in [0.4, 0.5) is 0 Å². The summed E-state index contributed by atoms with van der Waals surface area (Å²) in [6.45, 7) is 0.00576. The van der Waals surface area contributed by atoms with Crippen molar-refractivity contribution in [2.45, 2.75) is 0 Å². The highest BCUT2D eigenvalue weighted by Crippen LogP contribution is 2.36. The number of Topliss-reactive ketones (excluding diaryl/α,β-unsaturated/α-hetero) is 1. The number of carbonyl (C=O) groups excluding carboxylic acids is 1. The molecule has 2 aromatic carbocycles. The van der Waals surface area contributed by atoms with Gasteiger partial charge in [0.2, 0.25) is 5.78 Å². The molecule has 0 aromatic heterocycles. The van der Waals surface area contributed by atoms with Crippen LogP contribution in [-0.2, 0) is 0 Å². The fraction of sp³-hybridized carbons (Fsp3) is 0.214. The van der Waals surface area contributed by atoms with Crippen molar-refractivity contribution in [3.8, 4) is 17.2 Å². The molecule has 0 radical (unpaired) electrons. The number of carbonyl (C=O) groups is 1. The maximum Gasteiger partial charge on any atom is 0.203 e. The van der Waals surface area contributed by atoms with Gasteiger partial charge in [0.15, 0.2) is 18.1 Å². The molecular weight excluding hydrogens is 232 g/mol. The quantitative estimate of drug-likeness (QED) is 0.815. The first-order valence-electron chi connectivity index (χ1n) is 6.01. The van der Waals surface area contributed by atoms with E-state index in [0.29, 0.717) is 28.2 Å². The number of ether oxygens (including phenoxy) is 3. The molecule has 92 valence electrons. The van der Waals surface area contributed by atoms with Crippen LogP contribution in [0.25, 0.3) is 10.8 Å². The summed E-state index contributed by atoms with van der Waals surface area (Å²) in [5, 5.41) is 1.44. The van der Waals surface area contributed by atoms with Crippen LogP contribution in [0, 0.1) is 0 Å². The number of benzene rings is 2. The lowest BCUT2D eigenvalue weighted by molar-refractivity contribution is 0.0961. The molecule has 0 amide bonds. The van der Waals surface area contributed by atoms with Crippen LogP contribution < -0.4 is 14.2 Å². The molecule has 1 aliphatic heterocycles. The van der Waals surface area contributed by atoms with Crippen LogP contribution in [0.3, 0.4) is 0 Å². The zero-order chi connectivity index (χ0) is 13.6. The van der Waals surface area contributed by atoms with Crippen molar-refractivity contribution in [3.05, 3.63) is 29.8 Å². The van der Waals surface area contributed by atoms with Gasteiger partial charge in [0, 0.05) is 0 Å². The fourth-order valence-electron chi connectivity index (χ4n) is 2.07. The van der Waals surface area contributed by atoms with E-state index < -0.39 is 0 Å². The van der Waals surface area contributed by atoms with Crippen LogP contribution >= 0.6 is 0 Å². The standard InChI is InChI=1S/C14H12O4/c1-16-13-5-8-3-10-11(15)7-18-12(10)4-9(8)6-14(13)17-2/h3-6H,7H2,1-2H3/i3D. The van der Waals surface area contributed by atoms with E-state index in [1.807, 2.05) is 0 Å². The number of methoxy groups -OCH3 is 2. The van der Waals surface area contributed by atoms with Crippen molar-refractivity contribution in [1.82, 2.24) is 0 Å². The first-order chi connectivity index (χ1) is 9.15. The molecule has 4 nitrogen and oxygen atoms in total. The molecule has 0 fully saturated rings. The molecular formula is C14H12O4. The van der Waals surface area contributed by atoms with Gasteiger partial charge in [-0.15, -0.1) is 0 Å². The van der Waals surface area contributed by atoms with E-state index >= 15 is 0 Å². The summed E-state index contributed by atoms with van der Waals surface area (Å²) in [7, 11) is 3.09. The Bertz CT molecular complexity index is 694. The van der Waals surface area contributed by atoms with Gasteiger partial charge >= 0.3 is 0 Å². The first kappa shape index (κ1) is 9.76. The summed E-state index contributed by atoms with van der Waals surface area (Å²) in [5.74, 6) is 1.43. The molecule has 0 atom stereocenters. The molecule has 3 rings (SSSR count). The zero-order valence-electron chi connectivity index (χ0n) is 11.1. The van der Waals surface area contributed by atoms with Crippen molar-refractivity contribution in [1.29, 1.82) is 0 Å².